The van der Waals surface area contributed by atoms with Crippen molar-refractivity contribution in [2.75, 3.05) is 10.6 Å². The molecule has 3 aromatic rings. The Morgan fingerprint density at radius 3 is 2.58 bits per heavy atom. The largest absolute Gasteiger partial charge is 0.365 e. The van der Waals surface area contributed by atoms with Gasteiger partial charge in [-0.2, -0.15) is 0 Å². The van der Waals surface area contributed by atoms with E-state index in [0.29, 0.717) is 18.8 Å². The first kappa shape index (κ1) is 14.7. The monoisotopic (exact) mass is 317 g/mol. The number of benzene rings is 2. The van der Waals surface area contributed by atoms with Crippen LogP contribution in [-0.2, 0) is 11.3 Å². The van der Waals surface area contributed by atoms with Gasteiger partial charge in [0.1, 0.15) is 11.6 Å². The molecule has 1 aliphatic heterocycles. The zero-order chi connectivity index (χ0) is 16.5. The molecular formula is C20H19N3O. The number of hydrogen-bond donors (Lipinski definition) is 2. The summed E-state index contributed by atoms with van der Waals surface area (Å²) in [5.74, 6) is 1.71. The highest BCUT2D eigenvalue weighted by Crippen LogP contribution is 2.38. The summed E-state index contributed by atoms with van der Waals surface area (Å²) in [5, 5.41) is 8.60. The van der Waals surface area contributed by atoms with E-state index in [0.717, 1.165) is 22.2 Å². The predicted molar refractivity (Wildman–Crippen MR) is 97.2 cm³/mol. The third-order valence-electron chi connectivity index (χ3n) is 4.50. The summed E-state index contributed by atoms with van der Waals surface area (Å²) in [5.41, 5.74) is 2.33. The van der Waals surface area contributed by atoms with Crippen LogP contribution in [0.1, 0.15) is 30.4 Å². The lowest BCUT2D eigenvalue weighted by molar-refractivity contribution is -0.116. The zero-order valence-corrected chi connectivity index (χ0v) is 13.5. The molecule has 1 amide bonds. The lowest BCUT2D eigenvalue weighted by Crippen LogP contribution is -2.23. The van der Waals surface area contributed by atoms with Gasteiger partial charge in [-0.1, -0.05) is 61.5 Å². The van der Waals surface area contributed by atoms with E-state index in [9.17, 15) is 4.79 Å². The number of pyridine rings is 1. The van der Waals surface area contributed by atoms with Crippen molar-refractivity contribution in [1.82, 2.24) is 4.98 Å². The van der Waals surface area contributed by atoms with E-state index in [4.69, 9.17) is 4.98 Å². The smallest absolute Gasteiger partial charge is 0.226 e. The minimum Gasteiger partial charge on any atom is -0.365 e. The number of nitrogens with one attached hydrogen (secondary N) is 2. The van der Waals surface area contributed by atoms with Crippen LogP contribution in [-0.4, -0.2) is 10.9 Å². The molecule has 0 bridgehead atoms. The Kier molecular flexibility index (Phi) is 3.65. The highest BCUT2D eigenvalue weighted by Gasteiger charge is 2.26. The van der Waals surface area contributed by atoms with Crippen LogP contribution in [0.25, 0.3) is 10.8 Å². The molecular weight excluding hydrogens is 298 g/mol. The van der Waals surface area contributed by atoms with Crippen LogP contribution in [0.4, 0.5) is 11.6 Å². The third-order valence-corrected chi connectivity index (χ3v) is 4.50. The van der Waals surface area contributed by atoms with Gasteiger partial charge in [0, 0.05) is 23.9 Å². The van der Waals surface area contributed by atoms with Gasteiger partial charge in [0.15, 0.2) is 0 Å². The Morgan fingerprint density at radius 2 is 1.79 bits per heavy atom. The number of carbonyl (C=O) groups is 1. The molecule has 4 heteroatoms. The number of rotatable bonds is 3. The average Bonchev–Trinajstić information content (AvgIpc) is 2.60. The van der Waals surface area contributed by atoms with Gasteiger partial charge >= 0.3 is 0 Å². The molecule has 1 unspecified atom stereocenters. The molecule has 1 atom stereocenters. The second-order valence-corrected chi connectivity index (χ2v) is 6.26. The second-order valence-electron chi connectivity index (χ2n) is 6.26. The third kappa shape index (κ3) is 2.60. The first-order chi connectivity index (χ1) is 11.7. The standard InChI is InChI=1S/C20H19N3O/c1-13-11-17(24)22-20-18(13)15-9-5-6-10-16(15)19(23-20)21-12-14-7-3-2-4-8-14/h2-10,13H,11-12H2,1H3,(H2,21,22,23,24). The molecule has 0 fully saturated rings. The van der Waals surface area contributed by atoms with Crippen LogP contribution in [0.2, 0.25) is 0 Å². The van der Waals surface area contributed by atoms with Gasteiger partial charge in [0.05, 0.1) is 0 Å². The number of nitrogens with zero attached hydrogens (tertiary/aromatic N) is 1. The summed E-state index contributed by atoms with van der Waals surface area (Å²) >= 11 is 0. The topological polar surface area (TPSA) is 54.0 Å². The molecule has 2 aromatic carbocycles. The summed E-state index contributed by atoms with van der Waals surface area (Å²) in [6.45, 7) is 2.78. The first-order valence-corrected chi connectivity index (χ1v) is 8.22. The molecule has 2 heterocycles. The van der Waals surface area contributed by atoms with Crippen LogP contribution < -0.4 is 10.6 Å². The molecule has 0 spiro atoms. The first-order valence-electron chi connectivity index (χ1n) is 8.22. The van der Waals surface area contributed by atoms with E-state index in [1.165, 1.54) is 5.56 Å². The molecule has 0 radical (unpaired) electrons. The van der Waals surface area contributed by atoms with Crippen LogP contribution in [0, 0.1) is 0 Å². The Labute approximate surface area is 140 Å². The maximum absolute atomic E-state index is 11.9. The van der Waals surface area contributed by atoms with Crippen molar-refractivity contribution >= 4 is 28.3 Å². The number of carbonyl (C=O) groups excluding carboxylic acids is 1. The van der Waals surface area contributed by atoms with Gasteiger partial charge in [-0.15, -0.1) is 0 Å². The normalized spacial score (nSPS) is 16.5. The van der Waals surface area contributed by atoms with Gasteiger partial charge in [-0.25, -0.2) is 4.98 Å². The van der Waals surface area contributed by atoms with Crippen molar-refractivity contribution in [3.8, 4) is 0 Å². The number of fused-ring (bicyclic) bond motifs is 3. The zero-order valence-electron chi connectivity index (χ0n) is 13.5. The average molecular weight is 317 g/mol. The Balaban J connectivity index is 1.78. The van der Waals surface area contributed by atoms with Gasteiger partial charge in [-0.05, 0) is 16.9 Å². The predicted octanol–water partition coefficient (Wildman–Crippen LogP) is 4.29. The fraction of sp³-hybridized carbons (Fsp3) is 0.200. The van der Waals surface area contributed by atoms with Crippen molar-refractivity contribution in [2.45, 2.75) is 25.8 Å². The molecule has 0 aliphatic carbocycles. The molecule has 4 nitrogen and oxygen atoms in total. The van der Waals surface area contributed by atoms with E-state index < -0.39 is 0 Å². The number of hydrogen-bond acceptors (Lipinski definition) is 3. The minimum atomic E-state index is 0.0341. The van der Waals surface area contributed by atoms with E-state index in [-0.39, 0.29) is 11.8 Å². The summed E-state index contributed by atoms with van der Waals surface area (Å²) in [6.07, 6.45) is 0.509. The molecule has 120 valence electrons. The van der Waals surface area contributed by atoms with Crippen LogP contribution in [0.3, 0.4) is 0 Å². The highest BCUT2D eigenvalue weighted by molar-refractivity contribution is 6.03. The quantitative estimate of drug-likeness (QED) is 0.757. The lowest BCUT2D eigenvalue weighted by atomic mass is 9.90. The minimum absolute atomic E-state index is 0.0341. The van der Waals surface area contributed by atoms with E-state index >= 15 is 0 Å². The summed E-state index contributed by atoms with van der Waals surface area (Å²) < 4.78 is 0. The Hall–Kier alpha value is -2.88. The van der Waals surface area contributed by atoms with Crippen molar-refractivity contribution in [3.63, 3.8) is 0 Å². The Bertz CT molecular complexity index is 905. The van der Waals surface area contributed by atoms with Crippen molar-refractivity contribution in [1.29, 1.82) is 0 Å². The fourth-order valence-electron chi connectivity index (χ4n) is 3.36. The maximum Gasteiger partial charge on any atom is 0.226 e. The summed E-state index contributed by atoms with van der Waals surface area (Å²) in [4.78, 5) is 16.6. The maximum atomic E-state index is 11.9. The van der Waals surface area contributed by atoms with Gasteiger partial charge in [0.2, 0.25) is 5.91 Å². The number of aromatic nitrogens is 1. The molecule has 0 saturated carbocycles. The van der Waals surface area contributed by atoms with Crippen LogP contribution in [0.15, 0.2) is 54.6 Å². The summed E-state index contributed by atoms with van der Waals surface area (Å²) in [6, 6.07) is 18.5. The van der Waals surface area contributed by atoms with Crippen molar-refractivity contribution in [2.24, 2.45) is 0 Å². The van der Waals surface area contributed by atoms with Gasteiger partial charge < -0.3 is 10.6 Å². The van der Waals surface area contributed by atoms with Crippen molar-refractivity contribution in [3.05, 3.63) is 65.7 Å². The molecule has 4 rings (SSSR count). The molecule has 1 aromatic heterocycles. The number of anilines is 2. The van der Waals surface area contributed by atoms with E-state index in [1.807, 2.05) is 30.3 Å². The van der Waals surface area contributed by atoms with E-state index in [2.05, 4.69) is 41.8 Å². The molecule has 1 aliphatic rings. The SMILES string of the molecule is CC1CC(=O)Nc2nc(NCc3ccccc3)c3ccccc3c21. The van der Waals surface area contributed by atoms with Gasteiger partial charge in [-0.3, -0.25) is 4.79 Å². The van der Waals surface area contributed by atoms with Crippen LogP contribution in [0.5, 0.6) is 0 Å². The fourth-order valence-corrected chi connectivity index (χ4v) is 3.36. The molecule has 0 saturated heterocycles. The van der Waals surface area contributed by atoms with Crippen LogP contribution >= 0.6 is 0 Å². The van der Waals surface area contributed by atoms with Gasteiger partial charge in [0.25, 0.3) is 0 Å². The van der Waals surface area contributed by atoms with E-state index in [1.54, 1.807) is 0 Å². The Morgan fingerprint density at radius 1 is 1.08 bits per heavy atom. The summed E-state index contributed by atoms with van der Waals surface area (Å²) in [7, 11) is 0. The number of amides is 1. The molecule has 24 heavy (non-hydrogen) atoms. The molecule has 2 N–H and O–H groups in total. The lowest BCUT2D eigenvalue weighted by Gasteiger charge is -2.25. The van der Waals surface area contributed by atoms with Crippen molar-refractivity contribution < 1.29 is 4.79 Å². The highest BCUT2D eigenvalue weighted by atomic mass is 16.1. The second kappa shape index (κ2) is 5.96.